The predicted molar refractivity (Wildman–Crippen MR) is 108 cm³/mol. The van der Waals surface area contributed by atoms with E-state index in [-0.39, 0.29) is 0 Å². The molecule has 0 aliphatic rings. The Bertz CT molecular complexity index is 707. The molecule has 0 bridgehead atoms. The summed E-state index contributed by atoms with van der Waals surface area (Å²) < 4.78 is 0. The first kappa shape index (κ1) is 17.8. The molecule has 0 aliphatic carbocycles. The zero-order valence-corrected chi connectivity index (χ0v) is 16.0. The summed E-state index contributed by atoms with van der Waals surface area (Å²) in [6, 6.07) is 17.5. The second-order valence-electron chi connectivity index (χ2n) is 6.51. The van der Waals surface area contributed by atoms with E-state index in [2.05, 4.69) is 72.6 Å². The lowest BCUT2D eigenvalue weighted by Gasteiger charge is -2.01. The van der Waals surface area contributed by atoms with Gasteiger partial charge >= 0.3 is 0 Å². The Hall–Kier alpha value is -2.00. The van der Waals surface area contributed by atoms with E-state index in [1.807, 2.05) is 0 Å². The molecule has 0 fully saturated rings. The fraction of sp³-hybridized carbons (Fsp3) is 0.364. The molecule has 0 atom stereocenters. The van der Waals surface area contributed by atoms with Crippen molar-refractivity contribution < 1.29 is 0 Å². The van der Waals surface area contributed by atoms with Crippen LogP contribution in [-0.2, 0) is 12.8 Å². The van der Waals surface area contributed by atoms with E-state index in [0.717, 1.165) is 34.0 Å². The van der Waals surface area contributed by atoms with Gasteiger partial charge in [-0.05, 0) is 36.8 Å². The van der Waals surface area contributed by atoms with Crippen molar-refractivity contribution in [1.82, 2.24) is 10.2 Å². The highest BCUT2D eigenvalue weighted by molar-refractivity contribution is 7.17. The fourth-order valence-corrected chi connectivity index (χ4v) is 3.70. The molecule has 3 aromatic rings. The Morgan fingerprint density at radius 1 is 0.640 bits per heavy atom. The summed E-state index contributed by atoms with van der Waals surface area (Å²) in [5.41, 5.74) is 5.11. The minimum atomic E-state index is 0.993. The Balaban J connectivity index is 1.71. The van der Waals surface area contributed by atoms with Gasteiger partial charge in [0.25, 0.3) is 0 Å². The zero-order valence-electron chi connectivity index (χ0n) is 15.2. The largest absolute Gasteiger partial charge is 0.148 e. The van der Waals surface area contributed by atoms with Gasteiger partial charge in [-0.2, -0.15) is 0 Å². The van der Waals surface area contributed by atoms with E-state index in [1.54, 1.807) is 11.3 Å². The fourth-order valence-electron chi connectivity index (χ4n) is 2.85. The van der Waals surface area contributed by atoms with Crippen LogP contribution < -0.4 is 0 Å². The Labute approximate surface area is 155 Å². The summed E-state index contributed by atoms with van der Waals surface area (Å²) in [6.07, 6.45) is 7.27. The maximum absolute atomic E-state index is 4.40. The van der Waals surface area contributed by atoms with Crippen LogP contribution in [0.4, 0.5) is 0 Å². The molecule has 0 amide bonds. The summed E-state index contributed by atoms with van der Waals surface area (Å²) in [5, 5.41) is 10.8. The number of aromatic nitrogens is 2. The van der Waals surface area contributed by atoms with Gasteiger partial charge in [-0.25, -0.2) is 0 Å². The molecule has 130 valence electrons. The maximum atomic E-state index is 4.40. The number of unbranched alkanes of at least 4 members (excludes halogenated alkanes) is 2. The number of hydrogen-bond donors (Lipinski definition) is 0. The molecular weight excluding hydrogens is 324 g/mol. The van der Waals surface area contributed by atoms with E-state index >= 15 is 0 Å². The third-order valence-electron chi connectivity index (χ3n) is 4.46. The normalized spacial score (nSPS) is 11.0. The molecule has 1 heterocycles. The molecule has 0 radical (unpaired) electrons. The topological polar surface area (TPSA) is 25.8 Å². The number of hydrogen-bond acceptors (Lipinski definition) is 3. The van der Waals surface area contributed by atoms with Gasteiger partial charge < -0.3 is 0 Å². The Kier molecular flexibility index (Phi) is 6.35. The molecule has 3 rings (SSSR count). The zero-order chi connectivity index (χ0) is 17.5. The van der Waals surface area contributed by atoms with Crippen LogP contribution >= 0.6 is 11.3 Å². The van der Waals surface area contributed by atoms with Crippen LogP contribution in [-0.4, -0.2) is 10.2 Å². The highest BCUT2D eigenvalue weighted by Gasteiger charge is 2.09. The molecule has 0 N–H and O–H groups in total. The number of benzene rings is 2. The van der Waals surface area contributed by atoms with Crippen molar-refractivity contribution in [2.24, 2.45) is 0 Å². The van der Waals surface area contributed by atoms with E-state index in [1.165, 1.54) is 36.8 Å². The molecule has 25 heavy (non-hydrogen) atoms. The van der Waals surface area contributed by atoms with Crippen LogP contribution in [0.2, 0.25) is 0 Å². The van der Waals surface area contributed by atoms with Gasteiger partial charge in [-0.15, -0.1) is 10.2 Å². The van der Waals surface area contributed by atoms with Gasteiger partial charge in [0.15, 0.2) is 0 Å². The number of aryl methyl sites for hydroxylation is 2. The molecule has 0 spiro atoms. The van der Waals surface area contributed by atoms with Crippen molar-refractivity contribution in [2.45, 2.75) is 52.4 Å². The molecule has 0 aliphatic heterocycles. The summed E-state index contributed by atoms with van der Waals surface area (Å²) in [6.45, 7) is 4.46. The summed E-state index contributed by atoms with van der Waals surface area (Å²) in [7, 11) is 0. The first-order valence-electron chi connectivity index (χ1n) is 9.32. The van der Waals surface area contributed by atoms with Crippen molar-refractivity contribution in [1.29, 1.82) is 0 Å². The first-order chi connectivity index (χ1) is 12.3. The van der Waals surface area contributed by atoms with Crippen molar-refractivity contribution in [2.75, 3.05) is 0 Å². The Morgan fingerprint density at radius 2 is 1.04 bits per heavy atom. The number of rotatable bonds is 8. The SMILES string of the molecule is CCCCc1ccc(-c2nnc(-c3ccc(CCCC)cc3)s2)cc1. The predicted octanol–water partition coefficient (Wildman–Crippen LogP) is 6.56. The molecule has 2 aromatic carbocycles. The van der Waals surface area contributed by atoms with Gasteiger partial charge in [0, 0.05) is 11.1 Å². The molecule has 2 nitrogen and oxygen atoms in total. The van der Waals surface area contributed by atoms with Crippen LogP contribution in [0.25, 0.3) is 21.1 Å². The Morgan fingerprint density at radius 3 is 1.40 bits per heavy atom. The molecule has 0 saturated heterocycles. The van der Waals surface area contributed by atoms with E-state index < -0.39 is 0 Å². The summed E-state index contributed by atoms with van der Waals surface area (Å²) in [5.74, 6) is 0. The highest BCUT2D eigenvalue weighted by Crippen LogP contribution is 2.30. The van der Waals surface area contributed by atoms with Crippen molar-refractivity contribution in [3.63, 3.8) is 0 Å². The monoisotopic (exact) mass is 350 g/mol. The third kappa shape index (κ3) is 4.76. The van der Waals surface area contributed by atoms with Crippen LogP contribution in [0.5, 0.6) is 0 Å². The maximum Gasteiger partial charge on any atom is 0.148 e. The molecule has 0 unspecified atom stereocenters. The molecular formula is C22H26N2S. The standard InChI is InChI=1S/C22H26N2S/c1-3-5-7-17-9-13-19(14-10-17)21-23-24-22(25-21)20-15-11-18(12-16-20)8-6-4-2/h9-16H,3-8H2,1-2H3. The van der Waals surface area contributed by atoms with Crippen LogP contribution in [0.1, 0.15) is 50.7 Å². The van der Waals surface area contributed by atoms with Crippen molar-refractivity contribution in [3.8, 4) is 21.1 Å². The highest BCUT2D eigenvalue weighted by atomic mass is 32.1. The van der Waals surface area contributed by atoms with Gasteiger partial charge in [-0.1, -0.05) is 86.6 Å². The second-order valence-corrected chi connectivity index (χ2v) is 7.49. The number of nitrogens with zero attached hydrogens (tertiary/aromatic N) is 2. The van der Waals surface area contributed by atoms with E-state index in [9.17, 15) is 0 Å². The third-order valence-corrected chi connectivity index (χ3v) is 5.49. The molecule has 3 heteroatoms. The van der Waals surface area contributed by atoms with Crippen molar-refractivity contribution >= 4 is 11.3 Å². The lowest BCUT2D eigenvalue weighted by Crippen LogP contribution is -1.85. The van der Waals surface area contributed by atoms with Gasteiger partial charge in [0.05, 0.1) is 0 Å². The molecule has 0 saturated carbocycles. The molecule has 1 aromatic heterocycles. The quantitative estimate of drug-likeness (QED) is 0.460. The average Bonchev–Trinajstić information content (AvgIpc) is 3.15. The van der Waals surface area contributed by atoms with Gasteiger partial charge in [0.1, 0.15) is 10.0 Å². The smallest absolute Gasteiger partial charge is 0.138 e. The lowest BCUT2D eigenvalue weighted by molar-refractivity contribution is 0.795. The van der Waals surface area contributed by atoms with Crippen LogP contribution in [0, 0.1) is 0 Å². The first-order valence-corrected chi connectivity index (χ1v) is 10.1. The minimum Gasteiger partial charge on any atom is -0.138 e. The average molecular weight is 351 g/mol. The summed E-state index contributed by atoms with van der Waals surface area (Å²) in [4.78, 5) is 0. The summed E-state index contributed by atoms with van der Waals surface area (Å²) >= 11 is 1.66. The van der Waals surface area contributed by atoms with Crippen molar-refractivity contribution in [3.05, 3.63) is 59.7 Å². The van der Waals surface area contributed by atoms with Crippen LogP contribution in [0.3, 0.4) is 0 Å². The second kappa shape index (κ2) is 8.91. The minimum absolute atomic E-state index is 0.993. The van der Waals surface area contributed by atoms with E-state index in [4.69, 9.17) is 0 Å². The van der Waals surface area contributed by atoms with E-state index in [0.29, 0.717) is 0 Å². The lowest BCUT2D eigenvalue weighted by atomic mass is 10.1. The van der Waals surface area contributed by atoms with Crippen LogP contribution in [0.15, 0.2) is 48.5 Å². The van der Waals surface area contributed by atoms with Gasteiger partial charge in [0.2, 0.25) is 0 Å². The van der Waals surface area contributed by atoms with Gasteiger partial charge in [-0.3, -0.25) is 0 Å².